The van der Waals surface area contributed by atoms with E-state index in [4.69, 9.17) is 25.8 Å². The quantitative estimate of drug-likeness (QED) is 0.208. The third-order valence-electron chi connectivity index (χ3n) is 5.26. The van der Waals surface area contributed by atoms with Gasteiger partial charge in [-0.3, -0.25) is 9.10 Å². The minimum atomic E-state index is -4.10. The Bertz CT molecular complexity index is 1360. The first-order chi connectivity index (χ1) is 18.8. The molecule has 0 fully saturated rings. The SMILES string of the molecule is CCCOc1ccc(/C=N\NC(=O)CN(c2ccc(OCC)cc2)S(=O)(=O)c2ccc(Cl)cc2)cc1OCC. The Morgan fingerprint density at radius 1 is 0.923 bits per heavy atom. The lowest BCUT2D eigenvalue weighted by molar-refractivity contribution is -0.119. The van der Waals surface area contributed by atoms with Gasteiger partial charge in [-0.2, -0.15) is 5.10 Å². The van der Waals surface area contributed by atoms with Crippen molar-refractivity contribution in [2.75, 3.05) is 30.7 Å². The van der Waals surface area contributed by atoms with Crippen LogP contribution in [0.15, 0.2) is 76.7 Å². The van der Waals surface area contributed by atoms with E-state index in [0.717, 1.165) is 10.7 Å². The van der Waals surface area contributed by atoms with Crippen molar-refractivity contribution in [1.82, 2.24) is 5.43 Å². The number of anilines is 1. The highest BCUT2D eigenvalue weighted by Gasteiger charge is 2.27. The van der Waals surface area contributed by atoms with Crippen LogP contribution in [0.4, 0.5) is 5.69 Å². The number of hydrogen-bond acceptors (Lipinski definition) is 7. The molecule has 0 aromatic heterocycles. The van der Waals surface area contributed by atoms with Crippen molar-refractivity contribution in [1.29, 1.82) is 0 Å². The van der Waals surface area contributed by atoms with E-state index in [2.05, 4.69) is 10.5 Å². The third kappa shape index (κ3) is 8.36. The Balaban J connectivity index is 1.79. The molecule has 3 rings (SSSR count). The second-order valence-corrected chi connectivity index (χ2v) is 10.5. The summed E-state index contributed by atoms with van der Waals surface area (Å²) in [4.78, 5) is 12.8. The number of hydrazone groups is 1. The van der Waals surface area contributed by atoms with Crippen LogP contribution < -0.4 is 23.9 Å². The molecule has 9 nitrogen and oxygen atoms in total. The van der Waals surface area contributed by atoms with Crippen molar-refractivity contribution in [3.63, 3.8) is 0 Å². The van der Waals surface area contributed by atoms with Crippen LogP contribution in [0, 0.1) is 0 Å². The summed E-state index contributed by atoms with van der Waals surface area (Å²) in [5, 5.41) is 4.40. The number of halogens is 1. The summed E-state index contributed by atoms with van der Waals surface area (Å²) in [5.74, 6) is 1.14. The topological polar surface area (TPSA) is 107 Å². The maximum atomic E-state index is 13.5. The van der Waals surface area contributed by atoms with Crippen LogP contribution in [-0.4, -0.2) is 46.9 Å². The van der Waals surface area contributed by atoms with Gasteiger partial charge in [0, 0.05) is 5.02 Å². The van der Waals surface area contributed by atoms with Gasteiger partial charge < -0.3 is 14.2 Å². The molecule has 0 unspecified atom stereocenters. The number of nitrogens with zero attached hydrogens (tertiary/aromatic N) is 2. The molecule has 0 saturated heterocycles. The lowest BCUT2D eigenvalue weighted by atomic mass is 10.2. The molecule has 0 aliphatic rings. The van der Waals surface area contributed by atoms with Crippen molar-refractivity contribution < 1.29 is 27.4 Å². The molecule has 3 aromatic carbocycles. The fourth-order valence-corrected chi connectivity index (χ4v) is 5.02. The van der Waals surface area contributed by atoms with E-state index in [1.54, 1.807) is 42.5 Å². The maximum absolute atomic E-state index is 13.5. The van der Waals surface area contributed by atoms with E-state index in [1.807, 2.05) is 20.8 Å². The van der Waals surface area contributed by atoms with Crippen molar-refractivity contribution in [2.45, 2.75) is 32.1 Å². The van der Waals surface area contributed by atoms with Gasteiger partial charge in [-0.25, -0.2) is 13.8 Å². The van der Waals surface area contributed by atoms with Gasteiger partial charge in [-0.1, -0.05) is 18.5 Å². The molecule has 208 valence electrons. The number of ether oxygens (including phenoxy) is 3. The predicted molar refractivity (Wildman–Crippen MR) is 153 cm³/mol. The fraction of sp³-hybridized carbons (Fsp3) is 0.286. The Kier molecular flexibility index (Phi) is 11.0. The van der Waals surface area contributed by atoms with Gasteiger partial charge in [-0.15, -0.1) is 0 Å². The zero-order valence-corrected chi connectivity index (χ0v) is 23.7. The minimum absolute atomic E-state index is 0.00841. The van der Waals surface area contributed by atoms with E-state index in [9.17, 15) is 13.2 Å². The van der Waals surface area contributed by atoms with Crippen LogP contribution in [0.2, 0.25) is 5.02 Å². The Labute approximate surface area is 234 Å². The van der Waals surface area contributed by atoms with Crippen molar-refractivity contribution in [2.24, 2.45) is 5.10 Å². The number of amides is 1. The zero-order valence-electron chi connectivity index (χ0n) is 22.1. The highest BCUT2D eigenvalue weighted by atomic mass is 35.5. The number of nitrogens with one attached hydrogen (secondary N) is 1. The Morgan fingerprint density at radius 3 is 2.26 bits per heavy atom. The molecule has 0 atom stereocenters. The molecule has 1 N–H and O–H groups in total. The molecule has 0 heterocycles. The first-order valence-corrected chi connectivity index (χ1v) is 14.3. The largest absolute Gasteiger partial charge is 0.494 e. The summed E-state index contributed by atoms with van der Waals surface area (Å²) < 4.78 is 44.8. The maximum Gasteiger partial charge on any atom is 0.264 e. The van der Waals surface area contributed by atoms with Gasteiger partial charge >= 0.3 is 0 Å². The normalized spacial score (nSPS) is 11.3. The molecule has 0 radical (unpaired) electrons. The van der Waals surface area contributed by atoms with E-state index in [1.165, 1.54) is 30.5 Å². The van der Waals surface area contributed by atoms with Crippen LogP contribution in [0.5, 0.6) is 17.2 Å². The number of carbonyl (C=O) groups excluding carboxylic acids is 1. The highest BCUT2D eigenvalue weighted by Crippen LogP contribution is 2.29. The Hall–Kier alpha value is -3.76. The smallest absolute Gasteiger partial charge is 0.264 e. The van der Waals surface area contributed by atoms with Gasteiger partial charge in [-0.05, 0) is 92.6 Å². The molecule has 0 saturated carbocycles. The van der Waals surface area contributed by atoms with Crippen LogP contribution in [0.25, 0.3) is 0 Å². The summed E-state index contributed by atoms with van der Waals surface area (Å²) in [5.41, 5.74) is 3.36. The summed E-state index contributed by atoms with van der Waals surface area (Å²) in [6, 6.07) is 17.5. The summed E-state index contributed by atoms with van der Waals surface area (Å²) >= 11 is 5.94. The van der Waals surface area contributed by atoms with E-state index in [0.29, 0.717) is 47.7 Å². The molecule has 0 spiro atoms. The summed E-state index contributed by atoms with van der Waals surface area (Å²) in [6.07, 6.45) is 2.31. The number of hydrogen-bond donors (Lipinski definition) is 1. The second kappa shape index (κ2) is 14.4. The highest BCUT2D eigenvalue weighted by molar-refractivity contribution is 7.92. The number of benzene rings is 3. The standard InChI is InChI=1S/C28H32ClN3O6S/c1-4-17-38-26-16-7-21(18-27(26)37-6-3)19-30-31-28(33)20-32(23-10-12-24(13-11-23)36-5-2)39(34,35)25-14-8-22(29)9-15-25/h7-16,18-19H,4-6,17,20H2,1-3H3,(H,31,33)/b30-19-. The molecule has 3 aromatic rings. The molecule has 0 aliphatic heterocycles. The fourth-order valence-electron chi connectivity index (χ4n) is 3.47. The van der Waals surface area contributed by atoms with Crippen LogP contribution >= 0.6 is 11.6 Å². The summed E-state index contributed by atoms with van der Waals surface area (Å²) in [6.45, 7) is 6.72. The predicted octanol–water partition coefficient (Wildman–Crippen LogP) is 5.27. The summed E-state index contributed by atoms with van der Waals surface area (Å²) in [7, 11) is -4.10. The van der Waals surface area contributed by atoms with Gasteiger partial charge in [0.2, 0.25) is 0 Å². The lowest BCUT2D eigenvalue weighted by Crippen LogP contribution is -2.39. The van der Waals surface area contributed by atoms with E-state index in [-0.39, 0.29) is 10.6 Å². The van der Waals surface area contributed by atoms with E-state index >= 15 is 0 Å². The van der Waals surface area contributed by atoms with E-state index < -0.39 is 22.5 Å². The average molecular weight is 574 g/mol. The molecule has 0 bridgehead atoms. The number of carbonyl (C=O) groups is 1. The molecule has 1 amide bonds. The molecular weight excluding hydrogens is 542 g/mol. The molecule has 0 aliphatic carbocycles. The second-order valence-electron chi connectivity index (χ2n) is 8.17. The van der Waals surface area contributed by atoms with Crippen molar-refractivity contribution in [3.8, 4) is 17.2 Å². The first-order valence-electron chi connectivity index (χ1n) is 12.5. The number of rotatable bonds is 14. The third-order valence-corrected chi connectivity index (χ3v) is 7.30. The van der Waals surface area contributed by atoms with Gasteiger partial charge in [0.15, 0.2) is 11.5 Å². The van der Waals surface area contributed by atoms with Gasteiger partial charge in [0.1, 0.15) is 12.3 Å². The lowest BCUT2D eigenvalue weighted by Gasteiger charge is -2.24. The molecule has 39 heavy (non-hydrogen) atoms. The van der Waals surface area contributed by atoms with Crippen LogP contribution in [-0.2, 0) is 14.8 Å². The molecule has 11 heteroatoms. The van der Waals surface area contributed by atoms with Crippen molar-refractivity contribution in [3.05, 3.63) is 77.3 Å². The zero-order chi connectivity index (χ0) is 28.3. The number of sulfonamides is 1. The van der Waals surface area contributed by atoms with Crippen molar-refractivity contribution >= 4 is 39.4 Å². The first kappa shape index (κ1) is 29.8. The van der Waals surface area contributed by atoms with Gasteiger partial charge in [0.25, 0.3) is 15.9 Å². The van der Waals surface area contributed by atoms with Crippen LogP contribution in [0.3, 0.4) is 0 Å². The minimum Gasteiger partial charge on any atom is -0.494 e. The van der Waals surface area contributed by atoms with Gasteiger partial charge in [0.05, 0.1) is 36.6 Å². The molecular formula is C28H32ClN3O6S. The Morgan fingerprint density at radius 2 is 1.62 bits per heavy atom. The van der Waals surface area contributed by atoms with Crippen LogP contribution in [0.1, 0.15) is 32.8 Å². The average Bonchev–Trinajstić information content (AvgIpc) is 2.92. The monoisotopic (exact) mass is 573 g/mol.